The maximum Gasteiger partial charge on any atom is 0.307 e. The molecule has 0 spiro atoms. The molecule has 0 bridgehead atoms. The Morgan fingerprint density at radius 3 is 1.43 bits per heavy atom. The van der Waals surface area contributed by atoms with Crippen LogP contribution in [0.2, 0.25) is 0 Å². The average Bonchev–Trinajstić information content (AvgIpc) is 2.52. The van der Waals surface area contributed by atoms with Gasteiger partial charge in [-0.1, -0.05) is 6.42 Å². The zero-order chi connectivity index (χ0) is 17.8. The first kappa shape index (κ1) is 22.2. The smallest absolute Gasteiger partial charge is 0.307 e. The van der Waals surface area contributed by atoms with Crippen molar-refractivity contribution in [2.45, 2.75) is 56.8 Å². The summed E-state index contributed by atoms with van der Waals surface area (Å²) in [5, 5.41) is 0. The van der Waals surface area contributed by atoms with Crippen LogP contribution in [0.3, 0.4) is 0 Å². The average molecular weight is 372 g/mol. The number of carbonyl (C=O) groups excluding carboxylic acids is 2. The normalized spacial score (nSPS) is 16.2. The van der Waals surface area contributed by atoms with E-state index in [1.165, 1.54) is 28.1 Å². The third-order valence-corrected chi connectivity index (χ3v) is 4.66. The topological polar surface area (TPSA) is 105 Å². The molecule has 4 atom stereocenters. The number of unbranched alkanes of at least 4 members (excludes halogenated alkanes) is 2. The van der Waals surface area contributed by atoms with Gasteiger partial charge in [-0.3, -0.25) is 18.0 Å². The lowest BCUT2D eigenvalue weighted by molar-refractivity contribution is -0.145. The van der Waals surface area contributed by atoms with E-state index in [-0.39, 0.29) is 12.8 Å². The third kappa shape index (κ3) is 10.5. The Labute approximate surface area is 141 Å². The number of esters is 2. The van der Waals surface area contributed by atoms with E-state index in [1.54, 1.807) is 0 Å². The SMILES string of the molecule is COS(=O)C(C)OC(=O)CCCCCC(=O)OC(C)S(=O)OC. The van der Waals surface area contributed by atoms with Crippen LogP contribution in [0.25, 0.3) is 0 Å². The first-order chi connectivity index (χ1) is 10.8. The predicted octanol–water partition coefficient (Wildman–Crippen LogP) is 1.34. The molecule has 0 saturated carbocycles. The zero-order valence-electron chi connectivity index (χ0n) is 13.8. The fraction of sp³-hybridized carbons (Fsp3) is 0.846. The molecular formula is C13H24O8S2. The second-order valence-electron chi connectivity index (χ2n) is 4.53. The van der Waals surface area contributed by atoms with Crippen molar-refractivity contribution in [3.8, 4) is 0 Å². The molecule has 0 amide bonds. The van der Waals surface area contributed by atoms with Crippen molar-refractivity contribution in [1.82, 2.24) is 0 Å². The lowest BCUT2D eigenvalue weighted by Gasteiger charge is -2.11. The number of carbonyl (C=O) groups is 2. The van der Waals surface area contributed by atoms with E-state index < -0.39 is 45.0 Å². The van der Waals surface area contributed by atoms with Gasteiger partial charge in [0.1, 0.15) is 0 Å². The molecule has 0 aliphatic heterocycles. The fourth-order valence-electron chi connectivity index (χ4n) is 1.55. The van der Waals surface area contributed by atoms with Crippen molar-refractivity contribution >= 4 is 34.1 Å². The maximum atomic E-state index is 11.5. The van der Waals surface area contributed by atoms with Gasteiger partial charge < -0.3 is 9.47 Å². The van der Waals surface area contributed by atoms with Crippen LogP contribution in [-0.2, 0) is 49.6 Å². The maximum absolute atomic E-state index is 11.5. The molecule has 8 nitrogen and oxygen atoms in total. The molecule has 0 aromatic heterocycles. The van der Waals surface area contributed by atoms with E-state index in [1.807, 2.05) is 0 Å². The van der Waals surface area contributed by atoms with Crippen LogP contribution in [0.4, 0.5) is 0 Å². The Morgan fingerprint density at radius 1 is 0.783 bits per heavy atom. The van der Waals surface area contributed by atoms with Crippen LogP contribution < -0.4 is 0 Å². The minimum atomic E-state index is -1.66. The van der Waals surface area contributed by atoms with E-state index in [0.717, 1.165) is 0 Å². The molecule has 0 rings (SSSR count). The van der Waals surface area contributed by atoms with Crippen molar-refractivity contribution in [2.75, 3.05) is 14.2 Å². The van der Waals surface area contributed by atoms with Gasteiger partial charge in [0.25, 0.3) is 0 Å². The Kier molecular flexibility index (Phi) is 12.1. The first-order valence-corrected chi connectivity index (χ1v) is 9.38. The van der Waals surface area contributed by atoms with E-state index >= 15 is 0 Å². The summed E-state index contributed by atoms with van der Waals surface area (Å²) in [6.45, 7) is 2.97. The summed E-state index contributed by atoms with van der Waals surface area (Å²) in [4.78, 5) is 22.9. The summed E-state index contributed by atoms with van der Waals surface area (Å²) in [5.74, 6) is -0.927. The van der Waals surface area contributed by atoms with Gasteiger partial charge in [-0.25, -0.2) is 8.42 Å². The molecule has 0 aromatic rings. The van der Waals surface area contributed by atoms with Gasteiger partial charge in [0, 0.05) is 12.8 Å². The molecule has 0 N–H and O–H groups in total. The van der Waals surface area contributed by atoms with Gasteiger partial charge in [0.15, 0.2) is 33.0 Å². The minimum Gasteiger partial charge on any atom is -0.446 e. The number of rotatable bonds is 12. The molecule has 0 aliphatic rings. The summed E-state index contributed by atoms with van der Waals surface area (Å²) in [7, 11) is 2.53. The summed E-state index contributed by atoms with van der Waals surface area (Å²) in [5.41, 5.74) is -1.63. The molecule has 23 heavy (non-hydrogen) atoms. The van der Waals surface area contributed by atoms with Crippen molar-refractivity contribution < 1.29 is 35.8 Å². The molecule has 0 saturated heterocycles. The molecule has 10 heteroatoms. The Balaban J connectivity index is 3.76. The van der Waals surface area contributed by atoms with Crippen molar-refractivity contribution in [1.29, 1.82) is 0 Å². The van der Waals surface area contributed by atoms with Crippen LogP contribution in [0, 0.1) is 0 Å². The van der Waals surface area contributed by atoms with Crippen LogP contribution in [-0.4, -0.2) is 45.4 Å². The van der Waals surface area contributed by atoms with Gasteiger partial charge in [0.05, 0.1) is 14.2 Å². The quantitative estimate of drug-likeness (QED) is 0.373. The number of hydrogen-bond donors (Lipinski definition) is 0. The largest absolute Gasteiger partial charge is 0.446 e. The van der Waals surface area contributed by atoms with Crippen molar-refractivity contribution in [3.05, 3.63) is 0 Å². The van der Waals surface area contributed by atoms with Gasteiger partial charge in [-0.15, -0.1) is 0 Å². The highest BCUT2D eigenvalue weighted by Gasteiger charge is 2.17. The highest BCUT2D eigenvalue weighted by atomic mass is 32.2. The van der Waals surface area contributed by atoms with Crippen LogP contribution in [0.5, 0.6) is 0 Å². The molecule has 0 aliphatic carbocycles. The molecule has 136 valence electrons. The van der Waals surface area contributed by atoms with E-state index in [4.69, 9.17) is 9.47 Å². The van der Waals surface area contributed by atoms with Gasteiger partial charge in [-0.2, -0.15) is 0 Å². The highest BCUT2D eigenvalue weighted by Crippen LogP contribution is 2.09. The van der Waals surface area contributed by atoms with E-state index in [2.05, 4.69) is 8.37 Å². The first-order valence-electron chi connectivity index (χ1n) is 7.10. The molecule has 0 heterocycles. The second kappa shape index (κ2) is 12.6. The van der Waals surface area contributed by atoms with Crippen LogP contribution in [0.15, 0.2) is 0 Å². The van der Waals surface area contributed by atoms with Gasteiger partial charge in [-0.05, 0) is 26.7 Å². The van der Waals surface area contributed by atoms with Crippen LogP contribution in [0.1, 0.15) is 46.0 Å². The fourth-order valence-corrected chi connectivity index (χ4v) is 2.47. The summed E-state index contributed by atoms with van der Waals surface area (Å²) in [6.07, 6.45) is 2.05. The van der Waals surface area contributed by atoms with Gasteiger partial charge in [0.2, 0.25) is 0 Å². The number of hydrogen-bond acceptors (Lipinski definition) is 8. The Hall–Kier alpha value is -0.840. The van der Waals surface area contributed by atoms with E-state index in [0.29, 0.717) is 19.3 Å². The standard InChI is InChI=1S/C13H24O8S2/c1-10(22(16)18-3)20-12(14)8-6-5-7-9-13(15)21-11(2)23(17)19-4/h10-11H,5-9H2,1-4H3. The van der Waals surface area contributed by atoms with E-state index in [9.17, 15) is 18.0 Å². The van der Waals surface area contributed by atoms with Crippen molar-refractivity contribution in [2.24, 2.45) is 0 Å². The van der Waals surface area contributed by atoms with Gasteiger partial charge >= 0.3 is 11.9 Å². The monoisotopic (exact) mass is 372 g/mol. The Bertz CT molecular complexity index is 388. The Morgan fingerprint density at radius 2 is 1.13 bits per heavy atom. The molecule has 0 fully saturated rings. The summed E-state index contributed by atoms with van der Waals surface area (Å²) >= 11 is -3.31. The lowest BCUT2D eigenvalue weighted by atomic mass is 10.1. The highest BCUT2D eigenvalue weighted by molar-refractivity contribution is 7.80. The number of ether oxygens (including phenoxy) is 2. The lowest BCUT2D eigenvalue weighted by Crippen LogP contribution is -2.20. The second-order valence-corrected chi connectivity index (χ2v) is 7.57. The molecular weight excluding hydrogens is 348 g/mol. The predicted molar refractivity (Wildman–Crippen MR) is 84.5 cm³/mol. The van der Waals surface area contributed by atoms with Crippen molar-refractivity contribution in [3.63, 3.8) is 0 Å². The minimum absolute atomic E-state index is 0.171. The van der Waals surface area contributed by atoms with Crippen LogP contribution >= 0.6 is 0 Å². The summed E-state index contributed by atoms with van der Waals surface area (Å²) < 4.78 is 41.3. The molecule has 0 aromatic carbocycles. The third-order valence-electron chi connectivity index (χ3n) is 2.73. The zero-order valence-corrected chi connectivity index (χ0v) is 15.4. The summed E-state index contributed by atoms with van der Waals surface area (Å²) in [6, 6.07) is 0. The molecule has 0 radical (unpaired) electrons. The molecule has 4 unspecified atom stereocenters.